The standard InChI is InChI=1S/C15H19N5O2/c16-14-13(17-5-6-18-14)15(21)19-10-11(12-4-3-9-22-12)20-7-1-2-8-20/h3-6,9,11H,1-2,7-8,10H2,(H2,16,18)(H,19,21). The first kappa shape index (κ1) is 14.5. The molecular weight excluding hydrogens is 282 g/mol. The summed E-state index contributed by atoms with van der Waals surface area (Å²) in [5.41, 5.74) is 5.84. The SMILES string of the molecule is Nc1nccnc1C(=O)NCC(c1ccco1)N1CCCC1. The van der Waals surface area contributed by atoms with Gasteiger partial charge >= 0.3 is 0 Å². The van der Waals surface area contributed by atoms with Gasteiger partial charge in [-0.1, -0.05) is 0 Å². The summed E-state index contributed by atoms with van der Waals surface area (Å²) in [5, 5.41) is 2.88. The molecule has 3 heterocycles. The number of nitrogen functional groups attached to an aromatic ring is 1. The van der Waals surface area contributed by atoms with Crippen LogP contribution in [0.25, 0.3) is 0 Å². The Morgan fingerprint density at radius 1 is 1.36 bits per heavy atom. The summed E-state index contributed by atoms with van der Waals surface area (Å²) < 4.78 is 5.52. The van der Waals surface area contributed by atoms with Gasteiger partial charge in [0.2, 0.25) is 0 Å². The molecule has 1 fully saturated rings. The number of amides is 1. The van der Waals surface area contributed by atoms with Gasteiger partial charge in [0.25, 0.3) is 5.91 Å². The normalized spacial score (nSPS) is 16.5. The minimum absolute atomic E-state index is 0.0272. The summed E-state index contributed by atoms with van der Waals surface area (Å²) in [5.74, 6) is 0.673. The fourth-order valence-corrected chi connectivity index (χ4v) is 2.74. The zero-order valence-corrected chi connectivity index (χ0v) is 12.2. The van der Waals surface area contributed by atoms with Gasteiger partial charge < -0.3 is 15.5 Å². The molecule has 1 unspecified atom stereocenters. The van der Waals surface area contributed by atoms with Crippen molar-refractivity contribution in [3.8, 4) is 0 Å². The highest BCUT2D eigenvalue weighted by Gasteiger charge is 2.26. The number of rotatable bonds is 5. The summed E-state index contributed by atoms with van der Waals surface area (Å²) >= 11 is 0. The van der Waals surface area contributed by atoms with Gasteiger partial charge in [-0.2, -0.15) is 0 Å². The van der Waals surface area contributed by atoms with Crippen molar-refractivity contribution in [2.45, 2.75) is 18.9 Å². The average molecular weight is 301 g/mol. The van der Waals surface area contributed by atoms with E-state index in [-0.39, 0.29) is 23.5 Å². The van der Waals surface area contributed by atoms with Crippen molar-refractivity contribution >= 4 is 11.7 Å². The summed E-state index contributed by atoms with van der Waals surface area (Å²) in [6, 6.07) is 3.83. The number of carbonyl (C=O) groups is 1. The van der Waals surface area contributed by atoms with Crippen LogP contribution in [-0.2, 0) is 0 Å². The molecule has 0 spiro atoms. The number of hydrogen-bond donors (Lipinski definition) is 2. The van der Waals surface area contributed by atoms with Crippen LogP contribution in [0.2, 0.25) is 0 Å². The Kier molecular flexibility index (Phi) is 4.34. The summed E-state index contributed by atoms with van der Waals surface area (Å²) in [6.45, 7) is 2.46. The second-order valence-electron chi connectivity index (χ2n) is 5.27. The number of nitrogens with one attached hydrogen (secondary N) is 1. The highest BCUT2D eigenvalue weighted by molar-refractivity contribution is 5.96. The lowest BCUT2D eigenvalue weighted by Gasteiger charge is -2.25. The van der Waals surface area contributed by atoms with Crippen molar-refractivity contribution in [3.05, 3.63) is 42.2 Å². The highest BCUT2D eigenvalue weighted by Crippen LogP contribution is 2.24. The fraction of sp³-hybridized carbons (Fsp3) is 0.400. The Morgan fingerprint density at radius 3 is 2.82 bits per heavy atom. The van der Waals surface area contributed by atoms with Crippen molar-refractivity contribution in [2.75, 3.05) is 25.4 Å². The molecule has 22 heavy (non-hydrogen) atoms. The number of aromatic nitrogens is 2. The van der Waals surface area contributed by atoms with E-state index in [1.54, 1.807) is 6.26 Å². The van der Waals surface area contributed by atoms with Crippen LogP contribution in [0, 0.1) is 0 Å². The minimum atomic E-state index is -0.318. The summed E-state index contributed by atoms with van der Waals surface area (Å²) in [4.78, 5) is 22.4. The van der Waals surface area contributed by atoms with E-state index in [9.17, 15) is 4.79 Å². The smallest absolute Gasteiger partial charge is 0.273 e. The van der Waals surface area contributed by atoms with Gasteiger partial charge in [0.1, 0.15) is 5.76 Å². The Morgan fingerprint density at radius 2 is 2.14 bits per heavy atom. The van der Waals surface area contributed by atoms with Crippen molar-refractivity contribution in [1.29, 1.82) is 0 Å². The Labute approximate surface area is 128 Å². The summed E-state index contributed by atoms with van der Waals surface area (Å²) in [7, 11) is 0. The number of carbonyl (C=O) groups excluding carboxylic acids is 1. The average Bonchev–Trinajstić information content (AvgIpc) is 3.21. The van der Waals surface area contributed by atoms with E-state index < -0.39 is 0 Å². The first-order chi connectivity index (χ1) is 10.8. The van der Waals surface area contributed by atoms with Crippen molar-refractivity contribution in [3.63, 3.8) is 0 Å². The Bertz CT molecular complexity index is 623. The van der Waals surface area contributed by atoms with Crippen LogP contribution in [-0.4, -0.2) is 40.4 Å². The minimum Gasteiger partial charge on any atom is -0.468 e. The maximum Gasteiger partial charge on any atom is 0.273 e. The van der Waals surface area contributed by atoms with Gasteiger partial charge in [-0.15, -0.1) is 0 Å². The van der Waals surface area contributed by atoms with Crippen LogP contribution in [0.4, 0.5) is 5.82 Å². The number of anilines is 1. The molecule has 7 heteroatoms. The van der Waals surface area contributed by atoms with Gasteiger partial charge in [-0.3, -0.25) is 9.69 Å². The van der Waals surface area contributed by atoms with Crippen molar-refractivity contribution in [2.24, 2.45) is 0 Å². The van der Waals surface area contributed by atoms with Crippen molar-refractivity contribution in [1.82, 2.24) is 20.2 Å². The number of hydrogen-bond acceptors (Lipinski definition) is 6. The van der Waals surface area contributed by atoms with E-state index in [4.69, 9.17) is 10.2 Å². The molecule has 116 valence electrons. The molecule has 0 aliphatic carbocycles. The molecule has 2 aromatic heterocycles. The van der Waals surface area contributed by atoms with Crippen molar-refractivity contribution < 1.29 is 9.21 Å². The van der Waals surface area contributed by atoms with Gasteiger partial charge in [-0.25, -0.2) is 9.97 Å². The lowest BCUT2D eigenvalue weighted by molar-refractivity contribution is 0.0929. The first-order valence-electron chi connectivity index (χ1n) is 7.38. The van der Waals surface area contributed by atoms with E-state index >= 15 is 0 Å². The number of nitrogens with zero attached hydrogens (tertiary/aromatic N) is 3. The number of likely N-dealkylation sites (tertiary alicyclic amines) is 1. The molecule has 1 aliphatic rings. The number of nitrogens with two attached hydrogens (primary N) is 1. The van der Waals surface area contributed by atoms with E-state index in [1.807, 2.05) is 12.1 Å². The molecule has 3 rings (SSSR count). The van der Waals surface area contributed by atoms with E-state index in [0.29, 0.717) is 6.54 Å². The molecule has 1 saturated heterocycles. The molecule has 7 nitrogen and oxygen atoms in total. The topological polar surface area (TPSA) is 97.3 Å². The predicted molar refractivity (Wildman–Crippen MR) is 81.0 cm³/mol. The van der Waals surface area contributed by atoms with Gasteiger partial charge in [-0.05, 0) is 38.1 Å². The first-order valence-corrected chi connectivity index (χ1v) is 7.38. The van der Waals surface area contributed by atoms with Crippen LogP contribution in [0.3, 0.4) is 0 Å². The summed E-state index contributed by atoms with van der Waals surface area (Å²) in [6.07, 6.45) is 6.91. The molecule has 1 aliphatic heterocycles. The lowest BCUT2D eigenvalue weighted by Crippen LogP contribution is -2.37. The maximum atomic E-state index is 12.2. The predicted octanol–water partition coefficient (Wildman–Crippen LogP) is 1.22. The second-order valence-corrected chi connectivity index (χ2v) is 5.27. The number of furan rings is 1. The Balaban J connectivity index is 1.69. The quantitative estimate of drug-likeness (QED) is 0.861. The molecule has 3 N–H and O–H groups in total. The fourth-order valence-electron chi connectivity index (χ4n) is 2.74. The third-order valence-corrected chi connectivity index (χ3v) is 3.85. The molecule has 1 atom stereocenters. The molecule has 0 radical (unpaired) electrons. The van der Waals surface area contributed by atoms with Gasteiger partial charge in [0.05, 0.1) is 12.3 Å². The van der Waals surface area contributed by atoms with Gasteiger partial charge in [0, 0.05) is 18.9 Å². The van der Waals surface area contributed by atoms with E-state index in [1.165, 1.54) is 25.2 Å². The zero-order valence-electron chi connectivity index (χ0n) is 12.2. The molecule has 0 bridgehead atoms. The lowest BCUT2D eigenvalue weighted by atomic mass is 10.2. The molecular formula is C15H19N5O2. The molecule has 0 aromatic carbocycles. The van der Waals surface area contributed by atoms with E-state index in [0.717, 1.165) is 18.8 Å². The third kappa shape index (κ3) is 3.09. The largest absolute Gasteiger partial charge is 0.468 e. The van der Waals surface area contributed by atoms with Crippen LogP contribution in [0.5, 0.6) is 0 Å². The molecule has 1 amide bonds. The van der Waals surface area contributed by atoms with Crippen LogP contribution >= 0.6 is 0 Å². The second kappa shape index (κ2) is 6.57. The third-order valence-electron chi connectivity index (χ3n) is 3.85. The Hall–Kier alpha value is -2.41. The molecule has 0 saturated carbocycles. The maximum absolute atomic E-state index is 12.2. The van der Waals surface area contributed by atoms with Crippen LogP contribution in [0.15, 0.2) is 35.2 Å². The monoisotopic (exact) mass is 301 g/mol. The van der Waals surface area contributed by atoms with Gasteiger partial charge in [0.15, 0.2) is 11.5 Å². The zero-order chi connectivity index (χ0) is 15.4. The van der Waals surface area contributed by atoms with E-state index in [2.05, 4.69) is 20.2 Å². The molecule has 2 aromatic rings. The van der Waals surface area contributed by atoms with Crippen LogP contribution < -0.4 is 11.1 Å². The van der Waals surface area contributed by atoms with Crippen LogP contribution in [0.1, 0.15) is 35.1 Å². The highest BCUT2D eigenvalue weighted by atomic mass is 16.3.